The van der Waals surface area contributed by atoms with Gasteiger partial charge in [-0.2, -0.15) is 0 Å². The zero-order chi connectivity index (χ0) is 8.55. The van der Waals surface area contributed by atoms with Gasteiger partial charge in [0.2, 0.25) is 0 Å². The third-order valence-corrected chi connectivity index (χ3v) is 2.94. The van der Waals surface area contributed by atoms with Gasteiger partial charge in [0.25, 0.3) is 0 Å². The second-order valence-electron chi connectivity index (χ2n) is 3.68. The summed E-state index contributed by atoms with van der Waals surface area (Å²) in [5.74, 6) is 0.756. The molecule has 4 heteroatoms. The summed E-state index contributed by atoms with van der Waals surface area (Å²) in [6, 6.07) is 0. The zero-order valence-electron chi connectivity index (χ0n) is 6.99. The molecular formula is C8H14N2O2. The van der Waals surface area contributed by atoms with Crippen LogP contribution in [0.15, 0.2) is 0 Å². The lowest BCUT2D eigenvalue weighted by molar-refractivity contribution is 0.0325. The number of carbonyl (C=O) groups is 1. The van der Waals surface area contributed by atoms with E-state index in [1.54, 1.807) is 0 Å². The molecule has 3 fully saturated rings. The highest BCUT2D eigenvalue weighted by Crippen LogP contribution is 2.30. The predicted molar refractivity (Wildman–Crippen MR) is 43.9 cm³/mol. The van der Waals surface area contributed by atoms with Gasteiger partial charge in [0, 0.05) is 13.1 Å². The summed E-state index contributed by atoms with van der Waals surface area (Å²) in [5.41, 5.74) is 0. The molecule has 2 N–H and O–H groups in total. The Kier molecular flexibility index (Phi) is 1.92. The number of carboxylic acid groups (broad SMARTS) is 1. The van der Waals surface area contributed by atoms with E-state index in [0.29, 0.717) is 0 Å². The maximum Gasteiger partial charge on any atom is 0.405 e. The van der Waals surface area contributed by atoms with Gasteiger partial charge in [-0.05, 0) is 25.2 Å². The summed E-state index contributed by atoms with van der Waals surface area (Å²) in [6.45, 7) is 2.13. The summed E-state index contributed by atoms with van der Waals surface area (Å²) < 4.78 is 0. The van der Waals surface area contributed by atoms with Gasteiger partial charge in [-0.15, -0.1) is 0 Å². The number of nitrogens with one attached hydrogen (secondary N) is 1. The van der Waals surface area contributed by atoms with E-state index in [2.05, 4.69) is 10.2 Å². The number of rotatable bonds is 1. The van der Waals surface area contributed by atoms with Gasteiger partial charge in [-0.3, -0.25) is 4.90 Å². The Labute approximate surface area is 71.5 Å². The summed E-state index contributed by atoms with van der Waals surface area (Å²) in [7, 11) is 0. The Hall–Kier alpha value is -0.770. The lowest BCUT2D eigenvalue weighted by Gasteiger charge is -2.44. The van der Waals surface area contributed by atoms with Crippen molar-refractivity contribution in [1.29, 1.82) is 0 Å². The van der Waals surface area contributed by atoms with Crippen molar-refractivity contribution in [3.63, 3.8) is 0 Å². The fourth-order valence-corrected chi connectivity index (χ4v) is 2.26. The van der Waals surface area contributed by atoms with Crippen LogP contribution in [0.25, 0.3) is 0 Å². The van der Waals surface area contributed by atoms with Gasteiger partial charge in [-0.1, -0.05) is 0 Å². The van der Waals surface area contributed by atoms with E-state index in [4.69, 9.17) is 5.11 Å². The summed E-state index contributed by atoms with van der Waals surface area (Å²) in [4.78, 5) is 12.6. The van der Waals surface area contributed by atoms with Crippen LogP contribution in [0, 0.1) is 5.92 Å². The molecule has 0 aromatic carbocycles. The van der Waals surface area contributed by atoms with E-state index >= 15 is 0 Å². The molecule has 0 aliphatic carbocycles. The molecule has 1 unspecified atom stereocenters. The average Bonchev–Trinajstić information content (AvgIpc) is 2.05. The predicted octanol–water partition coefficient (Wildman–Crippen LogP) is 0.696. The number of fused-ring (bicyclic) bond motifs is 3. The number of hydrogen-bond acceptors (Lipinski definition) is 2. The topological polar surface area (TPSA) is 52.6 Å². The minimum absolute atomic E-state index is 0.0926. The van der Waals surface area contributed by atoms with E-state index in [9.17, 15) is 4.79 Å². The minimum atomic E-state index is -0.896. The van der Waals surface area contributed by atoms with Crippen LogP contribution in [0.5, 0.6) is 0 Å². The molecule has 1 atom stereocenters. The first-order chi connectivity index (χ1) is 5.75. The molecule has 0 radical (unpaired) electrons. The van der Waals surface area contributed by atoms with Crippen LogP contribution in [0.1, 0.15) is 19.3 Å². The van der Waals surface area contributed by atoms with Crippen molar-refractivity contribution in [2.45, 2.75) is 25.4 Å². The number of amides is 1. The molecule has 3 rings (SSSR count). The number of nitrogens with zero attached hydrogens (tertiary/aromatic N) is 1. The molecule has 3 heterocycles. The first-order valence-corrected chi connectivity index (χ1v) is 4.49. The van der Waals surface area contributed by atoms with Crippen LogP contribution in [0.2, 0.25) is 0 Å². The van der Waals surface area contributed by atoms with Gasteiger partial charge < -0.3 is 10.4 Å². The minimum Gasteiger partial charge on any atom is -0.465 e. The van der Waals surface area contributed by atoms with Crippen molar-refractivity contribution >= 4 is 6.09 Å². The average molecular weight is 170 g/mol. The standard InChI is InChI=1S/C8H14N2O2/c11-8(12)9-7-5-6-1-3-10(7)4-2-6/h6-7,9H,1-5H2,(H,11,12). The van der Waals surface area contributed by atoms with Crippen LogP contribution in [0.3, 0.4) is 0 Å². The maximum absolute atomic E-state index is 10.4. The molecule has 3 aliphatic rings. The highest BCUT2D eigenvalue weighted by molar-refractivity contribution is 5.64. The lowest BCUT2D eigenvalue weighted by Crippen LogP contribution is -2.56. The third kappa shape index (κ3) is 1.39. The molecule has 0 spiro atoms. The van der Waals surface area contributed by atoms with E-state index < -0.39 is 6.09 Å². The first kappa shape index (κ1) is 7.86. The molecule has 68 valence electrons. The maximum atomic E-state index is 10.4. The van der Waals surface area contributed by atoms with Crippen LogP contribution < -0.4 is 5.32 Å². The lowest BCUT2D eigenvalue weighted by atomic mass is 9.86. The second kappa shape index (κ2) is 2.94. The Morgan fingerprint density at radius 3 is 2.50 bits per heavy atom. The highest BCUT2D eigenvalue weighted by atomic mass is 16.4. The molecule has 4 nitrogen and oxygen atoms in total. The largest absolute Gasteiger partial charge is 0.465 e. The van der Waals surface area contributed by atoms with E-state index in [0.717, 1.165) is 25.4 Å². The Morgan fingerprint density at radius 2 is 2.08 bits per heavy atom. The summed E-state index contributed by atoms with van der Waals surface area (Å²) in [5, 5.41) is 11.1. The van der Waals surface area contributed by atoms with Crippen molar-refractivity contribution in [2.75, 3.05) is 13.1 Å². The molecule has 12 heavy (non-hydrogen) atoms. The van der Waals surface area contributed by atoms with Gasteiger partial charge in [-0.25, -0.2) is 4.79 Å². The zero-order valence-corrected chi connectivity index (χ0v) is 6.99. The summed E-state index contributed by atoms with van der Waals surface area (Å²) in [6.07, 6.45) is 2.70. The fraction of sp³-hybridized carbons (Fsp3) is 0.875. The van der Waals surface area contributed by atoms with E-state index in [1.807, 2.05) is 0 Å². The van der Waals surface area contributed by atoms with Crippen LogP contribution >= 0.6 is 0 Å². The molecule has 2 bridgehead atoms. The first-order valence-electron chi connectivity index (χ1n) is 4.49. The van der Waals surface area contributed by atoms with Gasteiger partial charge in [0.15, 0.2) is 0 Å². The quantitative estimate of drug-likeness (QED) is 0.609. The second-order valence-corrected chi connectivity index (χ2v) is 3.68. The van der Waals surface area contributed by atoms with Crippen molar-refractivity contribution in [3.05, 3.63) is 0 Å². The van der Waals surface area contributed by atoms with Crippen LogP contribution in [-0.2, 0) is 0 Å². The number of piperidine rings is 3. The Bertz CT molecular complexity index is 187. The van der Waals surface area contributed by atoms with Crippen LogP contribution in [0.4, 0.5) is 4.79 Å². The monoisotopic (exact) mass is 170 g/mol. The normalized spacial score (nSPS) is 39.5. The molecule has 0 aromatic heterocycles. The Morgan fingerprint density at radius 1 is 1.42 bits per heavy atom. The molecular weight excluding hydrogens is 156 g/mol. The third-order valence-electron chi connectivity index (χ3n) is 2.94. The molecule has 0 aromatic rings. The van der Waals surface area contributed by atoms with E-state index in [-0.39, 0.29) is 6.17 Å². The van der Waals surface area contributed by atoms with Crippen molar-refractivity contribution < 1.29 is 9.90 Å². The van der Waals surface area contributed by atoms with Crippen LogP contribution in [-0.4, -0.2) is 35.4 Å². The molecule has 3 aliphatic heterocycles. The molecule has 3 saturated heterocycles. The van der Waals surface area contributed by atoms with Crippen molar-refractivity contribution in [2.24, 2.45) is 5.92 Å². The van der Waals surface area contributed by atoms with Gasteiger partial charge in [0.1, 0.15) is 0 Å². The number of hydrogen-bond donors (Lipinski definition) is 2. The SMILES string of the molecule is O=C(O)NC1CC2CCN1CC2. The van der Waals surface area contributed by atoms with E-state index in [1.165, 1.54) is 12.8 Å². The van der Waals surface area contributed by atoms with Gasteiger partial charge in [0.05, 0.1) is 6.17 Å². The van der Waals surface area contributed by atoms with Gasteiger partial charge >= 0.3 is 6.09 Å². The van der Waals surface area contributed by atoms with Crippen molar-refractivity contribution in [3.8, 4) is 0 Å². The molecule has 0 saturated carbocycles. The Balaban J connectivity index is 1.95. The highest BCUT2D eigenvalue weighted by Gasteiger charge is 2.33. The smallest absolute Gasteiger partial charge is 0.405 e. The van der Waals surface area contributed by atoms with Crippen molar-refractivity contribution in [1.82, 2.24) is 10.2 Å². The molecule has 1 amide bonds. The fourth-order valence-electron chi connectivity index (χ4n) is 2.26. The summed E-state index contributed by atoms with van der Waals surface area (Å²) >= 11 is 0.